The second kappa shape index (κ2) is 5.45. The number of fused-ring (bicyclic) bond motifs is 1. The molecule has 2 nitrogen and oxygen atoms in total. The van der Waals surface area contributed by atoms with Crippen LogP contribution in [0.5, 0.6) is 0 Å². The van der Waals surface area contributed by atoms with Gasteiger partial charge in [-0.15, -0.1) is 0 Å². The highest BCUT2D eigenvalue weighted by molar-refractivity contribution is 7.99. The van der Waals surface area contributed by atoms with Gasteiger partial charge >= 0.3 is 0 Å². The van der Waals surface area contributed by atoms with Gasteiger partial charge in [-0.2, -0.15) is 11.8 Å². The number of rotatable bonds is 3. The van der Waals surface area contributed by atoms with Crippen molar-refractivity contribution in [2.75, 3.05) is 11.5 Å². The Bertz CT molecular complexity index is 556. The van der Waals surface area contributed by atoms with E-state index >= 15 is 0 Å². The summed E-state index contributed by atoms with van der Waals surface area (Å²) in [6, 6.07) is 11.2. The van der Waals surface area contributed by atoms with Gasteiger partial charge in [0.1, 0.15) is 11.3 Å². The number of benzene rings is 1. The molecule has 1 aliphatic heterocycles. The lowest BCUT2D eigenvalue weighted by molar-refractivity contribution is 0.295. The van der Waals surface area contributed by atoms with Crippen LogP contribution in [-0.2, 0) is 0 Å². The summed E-state index contributed by atoms with van der Waals surface area (Å²) in [7, 11) is 0. The van der Waals surface area contributed by atoms with Crippen LogP contribution in [-0.4, -0.2) is 17.5 Å². The van der Waals surface area contributed by atoms with E-state index in [1.165, 1.54) is 23.3 Å². The Morgan fingerprint density at radius 2 is 2.15 bits per heavy atom. The van der Waals surface area contributed by atoms with E-state index in [2.05, 4.69) is 56.0 Å². The molecule has 3 rings (SSSR count). The molecule has 108 valence electrons. The van der Waals surface area contributed by atoms with Crippen LogP contribution in [0.2, 0.25) is 0 Å². The summed E-state index contributed by atoms with van der Waals surface area (Å²) in [6.07, 6.45) is 1.24. The van der Waals surface area contributed by atoms with Crippen LogP contribution in [0.3, 0.4) is 0 Å². The van der Waals surface area contributed by atoms with E-state index in [1.54, 1.807) is 0 Å². The van der Waals surface area contributed by atoms with Crippen LogP contribution in [0.4, 0.5) is 0 Å². The number of thioether (sulfide) groups is 1. The number of furan rings is 1. The van der Waals surface area contributed by atoms with Crippen LogP contribution in [0, 0.1) is 5.41 Å². The Morgan fingerprint density at radius 3 is 2.90 bits per heavy atom. The molecule has 1 fully saturated rings. The number of nitrogens with one attached hydrogen (secondary N) is 1. The van der Waals surface area contributed by atoms with Gasteiger partial charge in [0.15, 0.2) is 0 Å². The van der Waals surface area contributed by atoms with Gasteiger partial charge in [-0.25, -0.2) is 0 Å². The molecule has 0 saturated carbocycles. The summed E-state index contributed by atoms with van der Waals surface area (Å²) in [5.41, 5.74) is 1.42. The number of para-hydroxylation sites is 1. The summed E-state index contributed by atoms with van der Waals surface area (Å²) in [5.74, 6) is 3.51. The molecule has 0 spiro atoms. The molecule has 0 radical (unpaired) electrons. The van der Waals surface area contributed by atoms with E-state index in [9.17, 15) is 0 Å². The van der Waals surface area contributed by atoms with Crippen molar-refractivity contribution in [3.8, 4) is 0 Å². The van der Waals surface area contributed by atoms with E-state index in [0.29, 0.717) is 11.5 Å². The van der Waals surface area contributed by atoms with E-state index < -0.39 is 0 Å². The third-order valence-electron chi connectivity index (χ3n) is 3.97. The fourth-order valence-electron chi connectivity index (χ4n) is 3.02. The lowest BCUT2D eigenvalue weighted by Gasteiger charge is -2.36. The number of hydrogen-bond donors (Lipinski definition) is 1. The zero-order valence-electron chi connectivity index (χ0n) is 12.5. The molecule has 0 bridgehead atoms. The van der Waals surface area contributed by atoms with Gasteiger partial charge in [-0.1, -0.05) is 32.0 Å². The largest absolute Gasteiger partial charge is 0.459 e. The van der Waals surface area contributed by atoms with Gasteiger partial charge in [0, 0.05) is 17.2 Å². The minimum atomic E-state index is 0.266. The highest BCUT2D eigenvalue weighted by Gasteiger charge is 2.29. The maximum atomic E-state index is 5.95. The average Bonchev–Trinajstić information content (AvgIpc) is 2.81. The highest BCUT2D eigenvalue weighted by Crippen LogP contribution is 2.34. The summed E-state index contributed by atoms with van der Waals surface area (Å²) < 4.78 is 5.95. The minimum Gasteiger partial charge on any atom is -0.459 e. The lowest BCUT2D eigenvalue weighted by Crippen LogP contribution is -2.41. The molecule has 0 aliphatic carbocycles. The summed E-state index contributed by atoms with van der Waals surface area (Å²) in [6.45, 7) is 6.92. The van der Waals surface area contributed by atoms with E-state index in [-0.39, 0.29) is 6.04 Å². The van der Waals surface area contributed by atoms with Gasteiger partial charge in [-0.05, 0) is 36.6 Å². The van der Waals surface area contributed by atoms with Crippen molar-refractivity contribution < 1.29 is 4.42 Å². The van der Waals surface area contributed by atoms with Crippen LogP contribution in [0.1, 0.15) is 39.0 Å². The SMILES string of the molecule is CC(NC1CSCC(C)(C)C1)c1cc2ccccc2o1. The highest BCUT2D eigenvalue weighted by atomic mass is 32.2. The molecular formula is C17H23NOS. The second-order valence-electron chi connectivity index (χ2n) is 6.66. The number of hydrogen-bond acceptors (Lipinski definition) is 3. The van der Waals surface area contributed by atoms with Gasteiger partial charge < -0.3 is 9.73 Å². The molecular weight excluding hydrogens is 266 g/mol. The molecule has 1 aromatic carbocycles. The first kappa shape index (κ1) is 14.0. The predicted molar refractivity (Wildman–Crippen MR) is 87.3 cm³/mol. The third-order valence-corrected chi connectivity index (χ3v) is 5.59. The standard InChI is InChI=1S/C17H23NOS/c1-12(18-14-9-17(2,3)11-20-10-14)16-8-13-6-4-5-7-15(13)19-16/h4-8,12,14,18H,9-11H2,1-3H3. The Balaban J connectivity index is 1.71. The van der Waals surface area contributed by atoms with Crippen molar-refractivity contribution in [1.82, 2.24) is 5.32 Å². The molecule has 2 unspecified atom stereocenters. The maximum absolute atomic E-state index is 5.95. The Morgan fingerprint density at radius 1 is 1.35 bits per heavy atom. The van der Waals surface area contributed by atoms with Crippen molar-refractivity contribution in [3.63, 3.8) is 0 Å². The summed E-state index contributed by atoms with van der Waals surface area (Å²) in [5, 5.41) is 4.93. The first-order valence-electron chi connectivity index (χ1n) is 7.36. The van der Waals surface area contributed by atoms with Crippen LogP contribution < -0.4 is 5.32 Å². The fraction of sp³-hybridized carbons (Fsp3) is 0.529. The Labute approximate surface area is 125 Å². The fourth-order valence-corrected chi connectivity index (χ4v) is 4.31. The van der Waals surface area contributed by atoms with Gasteiger partial charge in [0.2, 0.25) is 0 Å². The normalized spacial score (nSPS) is 23.9. The topological polar surface area (TPSA) is 25.2 Å². The molecule has 1 saturated heterocycles. The molecule has 20 heavy (non-hydrogen) atoms. The average molecular weight is 289 g/mol. The Kier molecular flexibility index (Phi) is 3.83. The molecule has 1 aliphatic rings. The Hall–Kier alpha value is -0.930. The lowest BCUT2D eigenvalue weighted by atomic mass is 9.87. The zero-order valence-corrected chi connectivity index (χ0v) is 13.3. The van der Waals surface area contributed by atoms with Gasteiger partial charge in [-0.3, -0.25) is 0 Å². The van der Waals surface area contributed by atoms with Crippen molar-refractivity contribution in [3.05, 3.63) is 36.1 Å². The van der Waals surface area contributed by atoms with E-state index in [0.717, 1.165) is 11.3 Å². The van der Waals surface area contributed by atoms with Crippen molar-refractivity contribution in [2.24, 2.45) is 5.41 Å². The minimum absolute atomic E-state index is 0.266. The first-order valence-corrected chi connectivity index (χ1v) is 8.51. The maximum Gasteiger partial charge on any atom is 0.134 e. The van der Waals surface area contributed by atoms with Gasteiger partial charge in [0.25, 0.3) is 0 Å². The molecule has 2 aromatic rings. The molecule has 1 aromatic heterocycles. The van der Waals surface area contributed by atoms with Crippen molar-refractivity contribution >= 4 is 22.7 Å². The summed E-state index contributed by atoms with van der Waals surface area (Å²) >= 11 is 2.06. The monoisotopic (exact) mass is 289 g/mol. The van der Waals surface area contributed by atoms with Crippen LogP contribution in [0.15, 0.2) is 34.7 Å². The quantitative estimate of drug-likeness (QED) is 0.893. The van der Waals surface area contributed by atoms with Crippen LogP contribution in [0.25, 0.3) is 11.0 Å². The molecule has 0 amide bonds. The van der Waals surface area contributed by atoms with Crippen LogP contribution >= 0.6 is 11.8 Å². The molecule has 3 heteroatoms. The molecule has 2 atom stereocenters. The molecule has 2 heterocycles. The first-order chi connectivity index (χ1) is 9.53. The van der Waals surface area contributed by atoms with Crippen molar-refractivity contribution in [2.45, 2.75) is 39.3 Å². The summed E-state index contributed by atoms with van der Waals surface area (Å²) in [4.78, 5) is 0. The predicted octanol–water partition coefficient (Wildman–Crippen LogP) is 4.62. The third kappa shape index (κ3) is 3.04. The zero-order chi connectivity index (χ0) is 14.2. The smallest absolute Gasteiger partial charge is 0.134 e. The second-order valence-corrected chi connectivity index (χ2v) is 7.69. The van der Waals surface area contributed by atoms with Gasteiger partial charge in [0.05, 0.1) is 6.04 Å². The molecule has 1 N–H and O–H groups in total. The van der Waals surface area contributed by atoms with Crippen molar-refractivity contribution in [1.29, 1.82) is 0 Å². The van der Waals surface area contributed by atoms with E-state index in [4.69, 9.17) is 4.42 Å². The van der Waals surface area contributed by atoms with E-state index in [1.807, 2.05) is 12.1 Å².